The zero-order chi connectivity index (χ0) is 14.8. The Morgan fingerprint density at radius 1 is 1.20 bits per heavy atom. The lowest BCUT2D eigenvalue weighted by Gasteiger charge is -2.01. The van der Waals surface area contributed by atoms with Crippen molar-refractivity contribution in [1.29, 1.82) is 0 Å². The van der Waals surface area contributed by atoms with Gasteiger partial charge in [-0.3, -0.25) is 9.59 Å². The number of methoxy groups -OCH3 is 1. The molecule has 0 saturated heterocycles. The number of nitrogens with one attached hydrogen (secondary N) is 1. The minimum atomic E-state index is -0.359. The highest BCUT2D eigenvalue weighted by atomic mass is 16.5. The Bertz CT molecular complexity index is 463. The lowest BCUT2D eigenvalue weighted by atomic mass is 10.0. The highest BCUT2D eigenvalue weighted by Crippen LogP contribution is 2.10. The summed E-state index contributed by atoms with van der Waals surface area (Å²) in [6, 6.07) is 7.39. The number of ether oxygens (including phenoxy) is 1. The maximum Gasteiger partial charge on any atom is 0.305 e. The number of rotatable bonds is 8. The SMILES string of the molecule is CNCCC=Cc1ccc(C(=O)CCC(=O)OC)cc1. The molecule has 0 radical (unpaired) electrons. The zero-order valence-electron chi connectivity index (χ0n) is 12.0. The van der Waals surface area contributed by atoms with Gasteiger partial charge in [0, 0.05) is 12.0 Å². The first-order valence-corrected chi connectivity index (χ1v) is 6.68. The van der Waals surface area contributed by atoms with Crippen LogP contribution in [0.5, 0.6) is 0 Å². The van der Waals surface area contributed by atoms with E-state index in [0.717, 1.165) is 18.5 Å². The number of carbonyl (C=O) groups excluding carboxylic acids is 2. The number of ketones is 1. The highest BCUT2D eigenvalue weighted by molar-refractivity contribution is 5.97. The van der Waals surface area contributed by atoms with Crippen molar-refractivity contribution in [2.45, 2.75) is 19.3 Å². The molecule has 108 valence electrons. The summed E-state index contributed by atoms with van der Waals surface area (Å²) >= 11 is 0. The number of Topliss-reactive ketones (excluding diaryl/α,β-unsaturated/α-hetero) is 1. The van der Waals surface area contributed by atoms with Gasteiger partial charge < -0.3 is 10.1 Å². The molecule has 0 bridgehead atoms. The summed E-state index contributed by atoms with van der Waals surface area (Å²) in [6.45, 7) is 0.945. The summed E-state index contributed by atoms with van der Waals surface area (Å²) in [7, 11) is 3.24. The molecular weight excluding hydrogens is 254 g/mol. The van der Waals surface area contributed by atoms with E-state index in [1.165, 1.54) is 7.11 Å². The summed E-state index contributed by atoms with van der Waals surface area (Å²) < 4.78 is 4.51. The molecule has 0 saturated carbocycles. The van der Waals surface area contributed by atoms with Crippen LogP contribution < -0.4 is 5.32 Å². The molecular formula is C16H21NO3. The van der Waals surface area contributed by atoms with Crippen LogP contribution in [-0.2, 0) is 9.53 Å². The van der Waals surface area contributed by atoms with Crippen molar-refractivity contribution in [1.82, 2.24) is 5.32 Å². The van der Waals surface area contributed by atoms with Crippen molar-refractivity contribution in [3.63, 3.8) is 0 Å². The van der Waals surface area contributed by atoms with Gasteiger partial charge in [-0.2, -0.15) is 0 Å². The summed E-state index contributed by atoms with van der Waals surface area (Å²) in [5.74, 6) is -0.399. The third kappa shape index (κ3) is 5.80. The fourth-order valence-electron chi connectivity index (χ4n) is 1.69. The monoisotopic (exact) mass is 275 g/mol. The molecule has 0 heterocycles. The van der Waals surface area contributed by atoms with Gasteiger partial charge >= 0.3 is 5.97 Å². The summed E-state index contributed by atoms with van der Waals surface area (Å²) in [5.41, 5.74) is 1.69. The Balaban J connectivity index is 2.51. The van der Waals surface area contributed by atoms with Gasteiger partial charge in [-0.1, -0.05) is 36.4 Å². The maximum atomic E-state index is 11.8. The van der Waals surface area contributed by atoms with Gasteiger partial charge in [0.2, 0.25) is 0 Å². The zero-order valence-corrected chi connectivity index (χ0v) is 12.0. The first-order valence-electron chi connectivity index (χ1n) is 6.68. The molecule has 4 nitrogen and oxygen atoms in total. The van der Waals surface area contributed by atoms with E-state index < -0.39 is 0 Å². The van der Waals surface area contributed by atoms with Crippen LogP contribution in [0.3, 0.4) is 0 Å². The molecule has 4 heteroatoms. The second-order valence-electron chi connectivity index (χ2n) is 4.42. The van der Waals surface area contributed by atoms with Gasteiger partial charge in [0.05, 0.1) is 13.5 Å². The molecule has 0 spiro atoms. The van der Waals surface area contributed by atoms with Crippen molar-refractivity contribution >= 4 is 17.8 Å². The van der Waals surface area contributed by atoms with Gasteiger partial charge in [-0.15, -0.1) is 0 Å². The molecule has 0 aliphatic carbocycles. The Hall–Kier alpha value is -1.94. The summed E-state index contributed by atoms with van der Waals surface area (Å²) in [5, 5.41) is 3.07. The van der Waals surface area contributed by atoms with Crippen molar-refractivity contribution in [2.75, 3.05) is 20.7 Å². The topological polar surface area (TPSA) is 55.4 Å². The van der Waals surface area contributed by atoms with Gasteiger partial charge in [0.15, 0.2) is 5.78 Å². The summed E-state index contributed by atoms with van der Waals surface area (Å²) in [4.78, 5) is 22.8. The fraction of sp³-hybridized carbons (Fsp3) is 0.375. The van der Waals surface area contributed by atoms with E-state index in [4.69, 9.17) is 0 Å². The minimum Gasteiger partial charge on any atom is -0.469 e. The Morgan fingerprint density at radius 3 is 2.50 bits per heavy atom. The maximum absolute atomic E-state index is 11.8. The first kappa shape index (κ1) is 16.1. The van der Waals surface area contributed by atoms with E-state index in [0.29, 0.717) is 5.56 Å². The quantitative estimate of drug-likeness (QED) is 0.450. The van der Waals surface area contributed by atoms with Crippen LogP contribution >= 0.6 is 0 Å². The molecule has 0 atom stereocenters. The highest BCUT2D eigenvalue weighted by Gasteiger charge is 2.08. The predicted molar refractivity (Wildman–Crippen MR) is 79.6 cm³/mol. The number of hydrogen-bond acceptors (Lipinski definition) is 4. The molecule has 1 aromatic rings. The lowest BCUT2D eigenvalue weighted by Crippen LogP contribution is -2.06. The summed E-state index contributed by atoms with van der Waals surface area (Å²) in [6.07, 6.45) is 5.39. The van der Waals surface area contributed by atoms with Crippen LogP contribution in [0.1, 0.15) is 35.2 Å². The van der Waals surface area contributed by atoms with Crippen LogP contribution in [0.25, 0.3) is 6.08 Å². The molecule has 1 aromatic carbocycles. The van der Waals surface area contributed by atoms with Gasteiger partial charge in [0.1, 0.15) is 0 Å². The van der Waals surface area contributed by atoms with Crippen molar-refractivity contribution in [3.05, 3.63) is 41.5 Å². The van der Waals surface area contributed by atoms with Crippen LogP contribution in [-0.4, -0.2) is 32.5 Å². The molecule has 0 aliphatic rings. The van der Waals surface area contributed by atoms with Gasteiger partial charge in [-0.25, -0.2) is 0 Å². The molecule has 0 aliphatic heterocycles. The van der Waals surface area contributed by atoms with Crippen LogP contribution in [0.2, 0.25) is 0 Å². The van der Waals surface area contributed by atoms with Crippen LogP contribution in [0, 0.1) is 0 Å². The van der Waals surface area contributed by atoms with E-state index in [2.05, 4.69) is 16.1 Å². The van der Waals surface area contributed by atoms with Gasteiger partial charge in [-0.05, 0) is 25.6 Å². The number of benzene rings is 1. The molecule has 1 N–H and O–H groups in total. The van der Waals surface area contributed by atoms with Crippen molar-refractivity contribution in [3.8, 4) is 0 Å². The first-order chi connectivity index (χ1) is 9.67. The second kappa shape index (κ2) is 9.04. The largest absolute Gasteiger partial charge is 0.469 e. The van der Waals surface area contributed by atoms with Crippen molar-refractivity contribution < 1.29 is 14.3 Å². The van der Waals surface area contributed by atoms with E-state index in [9.17, 15) is 9.59 Å². The van der Waals surface area contributed by atoms with Crippen molar-refractivity contribution in [2.24, 2.45) is 0 Å². The predicted octanol–water partition coefficient (Wildman–Crippen LogP) is 2.45. The molecule has 0 amide bonds. The smallest absolute Gasteiger partial charge is 0.305 e. The Morgan fingerprint density at radius 2 is 1.90 bits per heavy atom. The second-order valence-corrected chi connectivity index (χ2v) is 4.42. The lowest BCUT2D eigenvalue weighted by molar-refractivity contribution is -0.140. The normalized spacial score (nSPS) is 10.7. The van der Waals surface area contributed by atoms with Gasteiger partial charge in [0.25, 0.3) is 0 Å². The fourth-order valence-corrected chi connectivity index (χ4v) is 1.69. The average Bonchev–Trinajstić information content (AvgIpc) is 2.49. The Kier molecular flexibility index (Phi) is 7.29. The molecule has 0 fully saturated rings. The number of carbonyl (C=O) groups is 2. The van der Waals surface area contributed by atoms with E-state index >= 15 is 0 Å². The van der Waals surface area contributed by atoms with E-state index in [1.807, 2.05) is 25.3 Å². The van der Waals surface area contributed by atoms with E-state index in [-0.39, 0.29) is 24.6 Å². The molecule has 0 aromatic heterocycles. The minimum absolute atomic E-state index is 0.0406. The van der Waals surface area contributed by atoms with E-state index in [1.54, 1.807) is 12.1 Å². The number of esters is 1. The van der Waals surface area contributed by atoms with Crippen LogP contribution in [0.4, 0.5) is 0 Å². The van der Waals surface area contributed by atoms with Crippen LogP contribution in [0.15, 0.2) is 30.3 Å². The molecule has 20 heavy (non-hydrogen) atoms. The molecule has 0 unspecified atom stereocenters. The number of hydrogen-bond donors (Lipinski definition) is 1. The molecule has 1 rings (SSSR count). The standard InChI is InChI=1S/C16H21NO3/c1-17-12-4-3-5-13-6-8-14(9-7-13)15(18)10-11-16(19)20-2/h3,5-9,17H,4,10-12H2,1-2H3. The average molecular weight is 275 g/mol. The third-order valence-corrected chi connectivity index (χ3v) is 2.89. The third-order valence-electron chi connectivity index (χ3n) is 2.89. The Labute approximate surface area is 119 Å².